The molecule has 0 aromatic carbocycles. The van der Waals surface area contributed by atoms with Crippen LogP contribution in [0.2, 0.25) is 0 Å². The Labute approximate surface area is 108 Å². The van der Waals surface area contributed by atoms with Crippen molar-refractivity contribution in [3.8, 4) is 0 Å². The monoisotopic (exact) mass is 240 g/mol. The Kier molecular flexibility index (Phi) is 7.14. The molecule has 0 saturated carbocycles. The molecule has 0 aromatic heterocycles. The summed E-state index contributed by atoms with van der Waals surface area (Å²) in [6.45, 7) is 14.3. The van der Waals surface area contributed by atoms with E-state index in [1.54, 1.807) is 0 Å². The van der Waals surface area contributed by atoms with Crippen molar-refractivity contribution in [1.82, 2.24) is 10.2 Å². The average molecular weight is 240 g/mol. The lowest BCUT2D eigenvalue weighted by molar-refractivity contribution is 0.159. The Bertz CT molecular complexity index is 183. The average Bonchev–Trinajstić information content (AvgIpc) is 2.28. The Hall–Kier alpha value is -0.0800. The quantitative estimate of drug-likeness (QED) is 0.735. The summed E-state index contributed by atoms with van der Waals surface area (Å²) in [4.78, 5) is 2.67. The summed E-state index contributed by atoms with van der Waals surface area (Å²) in [7, 11) is 0. The zero-order chi connectivity index (χ0) is 12.7. The minimum Gasteiger partial charge on any atom is -0.314 e. The standard InChI is InChI=1S/C15H32N2/c1-5-6-14(4)12-17-9-7-15(8-10-17)11-16-13(2)3/h13-16H,5-12H2,1-4H3. The van der Waals surface area contributed by atoms with Crippen molar-refractivity contribution >= 4 is 0 Å². The van der Waals surface area contributed by atoms with Crippen molar-refractivity contribution in [3.63, 3.8) is 0 Å². The van der Waals surface area contributed by atoms with Crippen LogP contribution in [0.1, 0.15) is 53.4 Å². The number of piperidine rings is 1. The van der Waals surface area contributed by atoms with E-state index in [1.807, 2.05) is 0 Å². The first-order chi connectivity index (χ1) is 8.11. The number of hydrogen-bond acceptors (Lipinski definition) is 2. The van der Waals surface area contributed by atoms with Gasteiger partial charge >= 0.3 is 0 Å². The van der Waals surface area contributed by atoms with Crippen LogP contribution in [-0.4, -0.2) is 37.1 Å². The van der Waals surface area contributed by atoms with Gasteiger partial charge in [-0.3, -0.25) is 0 Å². The molecule has 2 nitrogen and oxygen atoms in total. The summed E-state index contributed by atoms with van der Waals surface area (Å²) in [6, 6.07) is 0.637. The fourth-order valence-electron chi connectivity index (χ4n) is 2.80. The van der Waals surface area contributed by atoms with Crippen molar-refractivity contribution in [2.24, 2.45) is 11.8 Å². The smallest absolute Gasteiger partial charge is 0.00104 e. The molecule has 2 heteroatoms. The van der Waals surface area contributed by atoms with Crippen LogP contribution in [0.25, 0.3) is 0 Å². The SMILES string of the molecule is CCCC(C)CN1CCC(CNC(C)C)CC1. The van der Waals surface area contributed by atoms with Gasteiger partial charge in [0.2, 0.25) is 0 Å². The third-order valence-corrected chi connectivity index (χ3v) is 3.87. The first-order valence-electron chi connectivity index (χ1n) is 7.57. The summed E-state index contributed by atoms with van der Waals surface area (Å²) in [5.74, 6) is 1.79. The molecule has 0 amide bonds. The molecule has 1 aliphatic heterocycles. The fourth-order valence-corrected chi connectivity index (χ4v) is 2.80. The van der Waals surface area contributed by atoms with E-state index in [2.05, 4.69) is 37.9 Å². The predicted octanol–water partition coefficient (Wildman–Crippen LogP) is 3.13. The van der Waals surface area contributed by atoms with E-state index in [9.17, 15) is 0 Å². The minimum atomic E-state index is 0.637. The highest BCUT2D eigenvalue weighted by Crippen LogP contribution is 2.18. The molecule has 0 bridgehead atoms. The molecule has 1 fully saturated rings. The van der Waals surface area contributed by atoms with E-state index in [1.165, 1.54) is 51.9 Å². The van der Waals surface area contributed by atoms with Gasteiger partial charge in [-0.1, -0.05) is 34.1 Å². The molecule has 1 N–H and O–H groups in total. The second-order valence-electron chi connectivity index (χ2n) is 6.20. The van der Waals surface area contributed by atoms with Gasteiger partial charge in [-0.2, -0.15) is 0 Å². The van der Waals surface area contributed by atoms with Gasteiger partial charge in [0.15, 0.2) is 0 Å². The highest BCUT2D eigenvalue weighted by atomic mass is 15.1. The Balaban J connectivity index is 2.12. The second kappa shape index (κ2) is 8.10. The summed E-state index contributed by atoms with van der Waals surface area (Å²) >= 11 is 0. The molecule has 17 heavy (non-hydrogen) atoms. The van der Waals surface area contributed by atoms with Crippen LogP contribution in [0.3, 0.4) is 0 Å². The Morgan fingerprint density at radius 1 is 1.18 bits per heavy atom. The maximum Gasteiger partial charge on any atom is 0.00104 e. The molecule has 0 spiro atoms. The zero-order valence-corrected chi connectivity index (χ0v) is 12.3. The van der Waals surface area contributed by atoms with Crippen LogP contribution in [0.4, 0.5) is 0 Å². The molecular formula is C15H32N2. The third kappa shape index (κ3) is 6.42. The molecule has 1 unspecified atom stereocenters. The van der Waals surface area contributed by atoms with Gasteiger partial charge in [-0.15, -0.1) is 0 Å². The molecular weight excluding hydrogens is 208 g/mol. The number of likely N-dealkylation sites (tertiary alicyclic amines) is 1. The van der Waals surface area contributed by atoms with Crippen LogP contribution in [-0.2, 0) is 0 Å². The molecule has 1 saturated heterocycles. The maximum atomic E-state index is 3.57. The highest BCUT2D eigenvalue weighted by molar-refractivity contribution is 4.75. The van der Waals surface area contributed by atoms with E-state index in [4.69, 9.17) is 0 Å². The van der Waals surface area contributed by atoms with Gasteiger partial charge in [0.25, 0.3) is 0 Å². The molecule has 102 valence electrons. The molecule has 0 radical (unpaired) electrons. The second-order valence-corrected chi connectivity index (χ2v) is 6.20. The number of rotatable bonds is 7. The lowest BCUT2D eigenvalue weighted by Gasteiger charge is -2.34. The summed E-state index contributed by atoms with van der Waals surface area (Å²) in [5.41, 5.74) is 0. The zero-order valence-electron chi connectivity index (χ0n) is 12.3. The van der Waals surface area contributed by atoms with Crippen molar-refractivity contribution in [2.75, 3.05) is 26.2 Å². The van der Waals surface area contributed by atoms with Crippen molar-refractivity contribution < 1.29 is 0 Å². The molecule has 1 atom stereocenters. The van der Waals surface area contributed by atoms with E-state index < -0.39 is 0 Å². The lowest BCUT2D eigenvalue weighted by atomic mass is 9.95. The van der Waals surface area contributed by atoms with Crippen LogP contribution in [0, 0.1) is 11.8 Å². The number of hydrogen-bond donors (Lipinski definition) is 1. The Morgan fingerprint density at radius 3 is 2.35 bits per heavy atom. The Morgan fingerprint density at radius 2 is 1.82 bits per heavy atom. The molecule has 1 rings (SSSR count). The maximum absolute atomic E-state index is 3.57. The van der Waals surface area contributed by atoms with E-state index >= 15 is 0 Å². The first-order valence-corrected chi connectivity index (χ1v) is 7.57. The van der Waals surface area contributed by atoms with Gasteiger partial charge < -0.3 is 10.2 Å². The third-order valence-electron chi connectivity index (χ3n) is 3.87. The molecule has 1 heterocycles. The van der Waals surface area contributed by atoms with E-state index in [0.717, 1.165) is 11.8 Å². The van der Waals surface area contributed by atoms with Crippen LogP contribution < -0.4 is 5.32 Å². The molecule has 1 aliphatic rings. The lowest BCUT2D eigenvalue weighted by Crippen LogP contribution is -2.40. The molecule has 0 aromatic rings. The first kappa shape index (κ1) is 15.0. The normalized spacial score (nSPS) is 21.0. The largest absolute Gasteiger partial charge is 0.314 e. The van der Waals surface area contributed by atoms with Gasteiger partial charge in [0.05, 0.1) is 0 Å². The van der Waals surface area contributed by atoms with Gasteiger partial charge in [0, 0.05) is 12.6 Å². The predicted molar refractivity (Wildman–Crippen MR) is 76.4 cm³/mol. The van der Waals surface area contributed by atoms with Gasteiger partial charge in [-0.05, 0) is 50.7 Å². The van der Waals surface area contributed by atoms with Crippen LogP contribution in [0.15, 0.2) is 0 Å². The van der Waals surface area contributed by atoms with E-state index in [0.29, 0.717) is 6.04 Å². The molecule has 0 aliphatic carbocycles. The van der Waals surface area contributed by atoms with Crippen LogP contribution in [0.5, 0.6) is 0 Å². The van der Waals surface area contributed by atoms with Gasteiger partial charge in [0.1, 0.15) is 0 Å². The van der Waals surface area contributed by atoms with Crippen molar-refractivity contribution in [1.29, 1.82) is 0 Å². The summed E-state index contributed by atoms with van der Waals surface area (Å²) in [6.07, 6.45) is 5.49. The van der Waals surface area contributed by atoms with E-state index in [-0.39, 0.29) is 0 Å². The highest BCUT2D eigenvalue weighted by Gasteiger charge is 2.20. The van der Waals surface area contributed by atoms with Crippen LogP contribution >= 0.6 is 0 Å². The van der Waals surface area contributed by atoms with Crippen molar-refractivity contribution in [3.05, 3.63) is 0 Å². The number of nitrogens with one attached hydrogen (secondary N) is 1. The minimum absolute atomic E-state index is 0.637. The topological polar surface area (TPSA) is 15.3 Å². The summed E-state index contributed by atoms with van der Waals surface area (Å²) in [5, 5.41) is 3.57. The van der Waals surface area contributed by atoms with Crippen molar-refractivity contribution in [2.45, 2.75) is 59.4 Å². The number of nitrogens with zero attached hydrogens (tertiary/aromatic N) is 1. The van der Waals surface area contributed by atoms with Gasteiger partial charge in [-0.25, -0.2) is 0 Å². The summed E-state index contributed by atoms with van der Waals surface area (Å²) < 4.78 is 0. The fraction of sp³-hybridized carbons (Fsp3) is 1.00.